The van der Waals surface area contributed by atoms with E-state index in [9.17, 15) is 4.79 Å². The summed E-state index contributed by atoms with van der Waals surface area (Å²) in [6, 6.07) is 17.2. The molecule has 0 N–H and O–H groups in total. The van der Waals surface area contributed by atoms with Crippen LogP contribution < -0.4 is 0 Å². The Hall–Kier alpha value is -2.49. The molecule has 0 aliphatic carbocycles. The van der Waals surface area contributed by atoms with Crippen LogP contribution in [0.15, 0.2) is 73.4 Å². The molecule has 0 bridgehead atoms. The van der Waals surface area contributed by atoms with Crippen molar-refractivity contribution in [3.8, 4) is 0 Å². The first-order valence-corrected chi connectivity index (χ1v) is 9.78. The minimum atomic E-state index is -0.132. The normalized spacial score (nSPS) is 10.7. The van der Waals surface area contributed by atoms with Crippen molar-refractivity contribution < 1.29 is 4.79 Å². The van der Waals surface area contributed by atoms with E-state index in [1.807, 2.05) is 30.5 Å². The van der Waals surface area contributed by atoms with Gasteiger partial charge >= 0.3 is 0 Å². The number of hydrogen-bond donors (Lipinski definition) is 0. The fourth-order valence-corrected chi connectivity index (χ4v) is 3.67. The summed E-state index contributed by atoms with van der Waals surface area (Å²) in [6.45, 7) is 7.55. The number of halogens is 2. The van der Waals surface area contributed by atoms with E-state index in [0.717, 1.165) is 12.2 Å². The molecule has 0 aliphatic rings. The van der Waals surface area contributed by atoms with Crippen molar-refractivity contribution in [1.82, 2.24) is 9.47 Å². The molecule has 0 unspecified atom stereocenters. The number of aryl methyl sites for hydroxylation is 1. The molecule has 0 fully saturated rings. The van der Waals surface area contributed by atoms with E-state index in [4.69, 9.17) is 23.2 Å². The second-order valence-corrected chi connectivity index (χ2v) is 7.56. The van der Waals surface area contributed by atoms with E-state index in [2.05, 4.69) is 30.2 Å². The molecule has 1 aromatic heterocycles. The van der Waals surface area contributed by atoms with Crippen molar-refractivity contribution in [2.75, 3.05) is 6.54 Å². The summed E-state index contributed by atoms with van der Waals surface area (Å²) < 4.78 is 2.16. The third-order valence-electron chi connectivity index (χ3n) is 4.62. The number of aromatic nitrogens is 1. The van der Waals surface area contributed by atoms with Crippen molar-refractivity contribution in [2.45, 2.75) is 20.0 Å². The van der Waals surface area contributed by atoms with Crippen LogP contribution >= 0.6 is 23.2 Å². The number of carbonyl (C=O) groups excluding carboxylic acids is 1. The molecule has 28 heavy (non-hydrogen) atoms. The fourth-order valence-electron chi connectivity index (χ4n) is 3.15. The molecule has 0 radical (unpaired) electrons. The lowest BCUT2D eigenvalue weighted by Crippen LogP contribution is -2.31. The summed E-state index contributed by atoms with van der Waals surface area (Å²) in [5, 5.41) is 0.884. The van der Waals surface area contributed by atoms with Crippen molar-refractivity contribution >= 4 is 29.1 Å². The first kappa shape index (κ1) is 20.2. The van der Waals surface area contributed by atoms with Crippen LogP contribution in [-0.2, 0) is 13.1 Å². The van der Waals surface area contributed by atoms with Gasteiger partial charge in [-0.05, 0) is 48.4 Å². The van der Waals surface area contributed by atoms with Gasteiger partial charge in [0.1, 0.15) is 0 Å². The Morgan fingerprint density at radius 2 is 1.82 bits per heavy atom. The van der Waals surface area contributed by atoms with Gasteiger partial charge in [0.05, 0.1) is 6.54 Å². The Kier molecular flexibility index (Phi) is 6.61. The van der Waals surface area contributed by atoms with Gasteiger partial charge in [0.25, 0.3) is 5.91 Å². The van der Waals surface area contributed by atoms with Gasteiger partial charge in [-0.25, -0.2) is 0 Å². The molecule has 0 aliphatic heterocycles. The molecular weight excluding hydrogens is 391 g/mol. The van der Waals surface area contributed by atoms with E-state index in [1.54, 1.807) is 29.2 Å². The number of hydrogen-bond acceptors (Lipinski definition) is 1. The quantitative estimate of drug-likeness (QED) is 0.438. The van der Waals surface area contributed by atoms with Gasteiger partial charge in [-0.3, -0.25) is 4.79 Å². The molecule has 0 saturated carbocycles. The minimum Gasteiger partial charge on any atom is -0.345 e. The lowest BCUT2D eigenvalue weighted by molar-refractivity contribution is 0.0759. The first-order chi connectivity index (χ1) is 13.5. The highest BCUT2D eigenvalue weighted by molar-refractivity contribution is 6.35. The lowest BCUT2D eigenvalue weighted by atomic mass is 10.1. The molecule has 2 aromatic carbocycles. The summed E-state index contributed by atoms with van der Waals surface area (Å²) in [4.78, 5) is 14.8. The highest BCUT2D eigenvalue weighted by atomic mass is 35.5. The van der Waals surface area contributed by atoms with Crippen LogP contribution in [0.25, 0.3) is 0 Å². The molecule has 5 heteroatoms. The minimum absolute atomic E-state index is 0.132. The Balaban J connectivity index is 1.83. The predicted octanol–water partition coefficient (Wildman–Crippen LogP) is 5.98. The Labute approximate surface area is 175 Å². The Morgan fingerprint density at radius 3 is 2.50 bits per heavy atom. The van der Waals surface area contributed by atoms with Gasteiger partial charge in [0.2, 0.25) is 0 Å². The van der Waals surface area contributed by atoms with E-state index in [-0.39, 0.29) is 5.91 Å². The van der Waals surface area contributed by atoms with Gasteiger partial charge in [-0.1, -0.05) is 53.5 Å². The maximum absolute atomic E-state index is 13.0. The molecule has 3 rings (SSSR count). The molecule has 0 spiro atoms. The average molecular weight is 413 g/mol. The smallest absolute Gasteiger partial charge is 0.254 e. The number of benzene rings is 2. The number of carbonyl (C=O) groups is 1. The Morgan fingerprint density at radius 1 is 1.11 bits per heavy atom. The molecule has 3 nitrogen and oxygen atoms in total. The fraction of sp³-hybridized carbons (Fsp3) is 0.174. The van der Waals surface area contributed by atoms with E-state index in [0.29, 0.717) is 28.7 Å². The highest BCUT2D eigenvalue weighted by Crippen LogP contribution is 2.21. The van der Waals surface area contributed by atoms with Crippen LogP contribution in [0.1, 0.15) is 27.2 Å². The van der Waals surface area contributed by atoms with Crippen LogP contribution in [0, 0.1) is 6.92 Å². The number of nitrogens with zero attached hydrogens (tertiary/aromatic N) is 2. The monoisotopic (exact) mass is 412 g/mol. The summed E-state index contributed by atoms with van der Waals surface area (Å²) in [7, 11) is 0. The van der Waals surface area contributed by atoms with Crippen LogP contribution in [-0.4, -0.2) is 21.9 Å². The molecule has 1 heterocycles. The van der Waals surface area contributed by atoms with Gasteiger partial charge in [-0.2, -0.15) is 0 Å². The van der Waals surface area contributed by atoms with E-state index < -0.39 is 0 Å². The number of amides is 1. The van der Waals surface area contributed by atoms with Crippen molar-refractivity contribution in [3.63, 3.8) is 0 Å². The van der Waals surface area contributed by atoms with E-state index in [1.165, 1.54) is 11.1 Å². The highest BCUT2D eigenvalue weighted by Gasteiger charge is 2.18. The summed E-state index contributed by atoms with van der Waals surface area (Å²) in [6.07, 6.45) is 3.76. The molecule has 3 aromatic rings. The molecular formula is C23H22Cl2N2O. The Bertz CT molecular complexity index is 974. The van der Waals surface area contributed by atoms with Gasteiger partial charge in [0.15, 0.2) is 0 Å². The summed E-state index contributed by atoms with van der Waals surface area (Å²) in [5.74, 6) is -0.132. The van der Waals surface area contributed by atoms with Gasteiger partial charge in [-0.15, -0.1) is 6.58 Å². The van der Waals surface area contributed by atoms with Crippen LogP contribution in [0.3, 0.4) is 0 Å². The molecule has 144 valence electrons. The topological polar surface area (TPSA) is 25.2 Å². The van der Waals surface area contributed by atoms with Crippen molar-refractivity contribution in [2.24, 2.45) is 0 Å². The largest absolute Gasteiger partial charge is 0.345 e. The van der Waals surface area contributed by atoms with Crippen LogP contribution in [0.2, 0.25) is 10.0 Å². The zero-order valence-electron chi connectivity index (χ0n) is 15.7. The maximum Gasteiger partial charge on any atom is 0.254 e. The third-order valence-corrected chi connectivity index (χ3v) is 5.06. The van der Waals surface area contributed by atoms with Gasteiger partial charge in [0, 0.05) is 40.6 Å². The molecule has 0 saturated heterocycles. The third kappa shape index (κ3) is 4.86. The average Bonchev–Trinajstić information content (AvgIpc) is 3.08. The zero-order valence-corrected chi connectivity index (χ0v) is 17.2. The molecule has 0 atom stereocenters. The second-order valence-electron chi connectivity index (χ2n) is 6.69. The second kappa shape index (κ2) is 9.13. The van der Waals surface area contributed by atoms with E-state index >= 15 is 0 Å². The maximum atomic E-state index is 13.0. The lowest BCUT2D eigenvalue weighted by Gasteiger charge is -2.23. The van der Waals surface area contributed by atoms with Crippen LogP contribution in [0.5, 0.6) is 0 Å². The zero-order chi connectivity index (χ0) is 20.1. The first-order valence-electron chi connectivity index (χ1n) is 9.02. The van der Waals surface area contributed by atoms with Crippen molar-refractivity contribution in [3.05, 3.63) is 106 Å². The predicted molar refractivity (Wildman–Crippen MR) is 116 cm³/mol. The SMILES string of the molecule is C=CCN(Cc1cccn1Cc1ccccc1C)C(=O)c1cc(Cl)cc(Cl)c1. The van der Waals surface area contributed by atoms with Gasteiger partial charge < -0.3 is 9.47 Å². The van der Waals surface area contributed by atoms with Crippen molar-refractivity contribution in [1.29, 1.82) is 0 Å². The molecule has 1 amide bonds. The summed E-state index contributed by atoms with van der Waals surface area (Å²) >= 11 is 12.1. The van der Waals surface area contributed by atoms with Crippen LogP contribution in [0.4, 0.5) is 0 Å². The number of rotatable bonds is 7. The standard InChI is InChI=1S/C23H22Cl2N2O/c1-3-10-27(23(28)19-12-20(24)14-21(25)13-19)16-22-9-6-11-26(22)15-18-8-5-4-7-17(18)2/h3-9,11-14H,1,10,15-16H2,2H3. The summed E-state index contributed by atoms with van der Waals surface area (Å²) in [5.41, 5.74) is 4.01.